The van der Waals surface area contributed by atoms with Crippen molar-refractivity contribution in [3.63, 3.8) is 0 Å². The predicted octanol–water partition coefficient (Wildman–Crippen LogP) is 6.67. The second-order valence-electron chi connectivity index (χ2n) is 6.68. The molecule has 0 radical (unpaired) electrons. The van der Waals surface area contributed by atoms with Crippen LogP contribution in [0.2, 0.25) is 0 Å². The lowest BCUT2D eigenvalue weighted by Crippen LogP contribution is -2.13. The van der Waals surface area contributed by atoms with Gasteiger partial charge >= 0.3 is 5.97 Å². The van der Waals surface area contributed by atoms with E-state index in [1.54, 1.807) is 0 Å². The molecule has 0 amide bonds. The molecule has 0 N–H and O–H groups in total. The molecular weight excluding hydrogens is 272 g/mol. The highest BCUT2D eigenvalue weighted by molar-refractivity contribution is 5.69. The molecular formula is C20H40O2. The molecule has 22 heavy (non-hydrogen) atoms. The minimum absolute atomic E-state index is 0.0119. The van der Waals surface area contributed by atoms with Gasteiger partial charge < -0.3 is 4.74 Å². The van der Waals surface area contributed by atoms with Crippen LogP contribution in [-0.2, 0) is 9.53 Å². The summed E-state index contributed by atoms with van der Waals surface area (Å²) in [7, 11) is 0. The van der Waals surface area contributed by atoms with Gasteiger partial charge in [0.2, 0.25) is 0 Å². The molecule has 0 fully saturated rings. The van der Waals surface area contributed by atoms with Crippen molar-refractivity contribution in [1.82, 2.24) is 0 Å². The lowest BCUT2D eigenvalue weighted by Gasteiger charge is -2.14. The third-order valence-electron chi connectivity index (χ3n) is 4.51. The van der Waals surface area contributed by atoms with E-state index in [-0.39, 0.29) is 5.97 Å². The highest BCUT2D eigenvalue weighted by Crippen LogP contribution is 2.14. The topological polar surface area (TPSA) is 26.3 Å². The molecule has 132 valence electrons. The van der Waals surface area contributed by atoms with Crippen LogP contribution in [0.5, 0.6) is 0 Å². The van der Waals surface area contributed by atoms with E-state index in [2.05, 4.69) is 20.8 Å². The maximum Gasteiger partial charge on any atom is 0.305 e. The van der Waals surface area contributed by atoms with E-state index in [0.29, 0.717) is 18.9 Å². The summed E-state index contributed by atoms with van der Waals surface area (Å²) in [5.74, 6) is 0.574. The molecule has 2 heteroatoms. The monoisotopic (exact) mass is 312 g/mol. The molecule has 0 bridgehead atoms. The summed E-state index contributed by atoms with van der Waals surface area (Å²) >= 11 is 0. The van der Waals surface area contributed by atoms with Crippen molar-refractivity contribution in [2.75, 3.05) is 6.61 Å². The fourth-order valence-electron chi connectivity index (χ4n) is 2.76. The normalized spacial score (nSPS) is 12.3. The molecule has 0 aromatic carbocycles. The van der Waals surface area contributed by atoms with Gasteiger partial charge in [-0.1, -0.05) is 91.4 Å². The summed E-state index contributed by atoms with van der Waals surface area (Å²) in [5, 5.41) is 0. The Labute approximate surface area is 139 Å². The summed E-state index contributed by atoms with van der Waals surface area (Å²) in [4.78, 5) is 11.7. The number of carbonyl (C=O) groups excluding carboxylic acids is 1. The first-order valence-corrected chi connectivity index (χ1v) is 9.90. The zero-order chi connectivity index (χ0) is 16.5. The summed E-state index contributed by atoms with van der Waals surface area (Å²) < 4.78 is 5.43. The Morgan fingerprint density at radius 2 is 1.32 bits per heavy atom. The number of esters is 1. The number of unbranched alkanes of at least 4 members (excludes halogenated alkanes) is 9. The van der Waals surface area contributed by atoms with Gasteiger partial charge in [0.15, 0.2) is 0 Å². The van der Waals surface area contributed by atoms with Crippen molar-refractivity contribution < 1.29 is 9.53 Å². The fourth-order valence-corrected chi connectivity index (χ4v) is 2.76. The standard InChI is InChI=1S/C20H40O2/c1-4-7-9-10-11-12-13-14-15-17-20(21)22-18-19(6-3)16-8-5-2/h19H,4-18H2,1-3H3. The molecule has 0 heterocycles. The molecule has 0 aliphatic heterocycles. The van der Waals surface area contributed by atoms with Crippen molar-refractivity contribution >= 4 is 5.97 Å². The van der Waals surface area contributed by atoms with Crippen LogP contribution in [0.25, 0.3) is 0 Å². The number of hydrogen-bond acceptors (Lipinski definition) is 2. The average Bonchev–Trinajstić information content (AvgIpc) is 2.53. The summed E-state index contributed by atoms with van der Waals surface area (Å²) in [6.07, 6.45) is 17.0. The van der Waals surface area contributed by atoms with Crippen molar-refractivity contribution in [2.24, 2.45) is 5.92 Å². The molecule has 0 spiro atoms. The first-order valence-electron chi connectivity index (χ1n) is 9.90. The summed E-state index contributed by atoms with van der Waals surface area (Å²) in [6.45, 7) is 7.29. The Balaban J connectivity index is 3.38. The summed E-state index contributed by atoms with van der Waals surface area (Å²) in [5.41, 5.74) is 0. The zero-order valence-corrected chi connectivity index (χ0v) is 15.5. The van der Waals surface area contributed by atoms with Crippen molar-refractivity contribution in [1.29, 1.82) is 0 Å². The van der Waals surface area contributed by atoms with Gasteiger partial charge in [0.1, 0.15) is 0 Å². The van der Waals surface area contributed by atoms with Gasteiger partial charge in [0.05, 0.1) is 6.61 Å². The Morgan fingerprint density at radius 3 is 1.86 bits per heavy atom. The predicted molar refractivity (Wildman–Crippen MR) is 96.1 cm³/mol. The van der Waals surface area contributed by atoms with Gasteiger partial charge in [0.25, 0.3) is 0 Å². The Bertz CT molecular complexity index is 238. The van der Waals surface area contributed by atoms with Gasteiger partial charge in [-0.2, -0.15) is 0 Å². The molecule has 0 aliphatic rings. The van der Waals surface area contributed by atoms with Crippen LogP contribution in [-0.4, -0.2) is 12.6 Å². The maximum absolute atomic E-state index is 11.7. The summed E-state index contributed by atoms with van der Waals surface area (Å²) in [6, 6.07) is 0. The maximum atomic E-state index is 11.7. The van der Waals surface area contributed by atoms with Crippen LogP contribution in [0.4, 0.5) is 0 Å². The van der Waals surface area contributed by atoms with Gasteiger partial charge in [0, 0.05) is 6.42 Å². The first-order chi connectivity index (χ1) is 10.7. The van der Waals surface area contributed by atoms with E-state index in [1.165, 1.54) is 70.6 Å². The average molecular weight is 313 g/mol. The third kappa shape index (κ3) is 14.4. The number of rotatable bonds is 16. The molecule has 0 saturated heterocycles. The zero-order valence-electron chi connectivity index (χ0n) is 15.5. The number of carbonyl (C=O) groups is 1. The SMILES string of the molecule is CCCCCCCCCCCC(=O)OCC(CC)CCCC. The lowest BCUT2D eigenvalue weighted by molar-refractivity contribution is -0.145. The van der Waals surface area contributed by atoms with Gasteiger partial charge in [-0.3, -0.25) is 4.79 Å². The van der Waals surface area contributed by atoms with E-state index < -0.39 is 0 Å². The van der Waals surface area contributed by atoms with Gasteiger partial charge in [-0.15, -0.1) is 0 Å². The van der Waals surface area contributed by atoms with E-state index in [0.717, 1.165) is 12.8 Å². The van der Waals surface area contributed by atoms with Crippen LogP contribution >= 0.6 is 0 Å². The second-order valence-corrected chi connectivity index (χ2v) is 6.68. The number of ether oxygens (including phenoxy) is 1. The van der Waals surface area contributed by atoms with Gasteiger partial charge in [-0.25, -0.2) is 0 Å². The molecule has 2 nitrogen and oxygen atoms in total. The van der Waals surface area contributed by atoms with Crippen LogP contribution in [0.3, 0.4) is 0 Å². The Morgan fingerprint density at radius 1 is 0.773 bits per heavy atom. The van der Waals surface area contributed by atoms with Crippen molar-refractivity contribution in [3.8, 4) is 0 Å². The molecule has 0 aliphatic carbocycles. The quantitative estimate of drug-likeness (QED) is 0.235. The van der Waals surface area contributed by atoms with Crippen molar-refractivity contribution in [2.45, 2.75) is 111 Å². The van der Waals surface area contributed by atoms with E-state index in [1.807, 2.05) is 0 Å². The molecule has 0 aromatic rings. The lowest BCUT2D eigenvalue weighted by atomic mass is 10.0. The highest BCUT2D eigenvalue weighted by Gasteiger charge is 2.09. The van der Waals surface area contributed by atoms with E-state index >= 15 is 0 Å². The fraction of sp³-hybridized carbons (Fsp3) is 0.950. The molecule has 1 atom stereocenters. The molecule has 0 rings (SSSR count). The Kier molecular flexibility index (Phi) is 16.4. The largest absolute Gasteiger partial charge is 0.465 e. The molecule has 1 unspecified atom stereocenters. The first kappa shape index (κ1) is 21.5. The van der Waals surface area contributed by atoms with Crippen LogP contribution in [0, 0.1) is 5.92 Å². The minimum Gasteiger partial charge on any atom is -0.465 e. The smallest absolute Gasteiger partial charge is 0.305 e. The second kappa shape index (κ2) is 16.8. The number of hydrogen-bond donors (Lipinski definition) is 0. The minimum atomic E-state index is 0.0119. The van der Waals surface area contributed by atoms with Crippen LogP contribution in [0.1, 0.15) is 111 Å². The van der Waals surface area contributed by atoms with Gasteiger partial charge in [-0.05, 0) is 18.8 Å². The molecule has 0 aromatic heterocycles. The van der Waals surface area contributed by atoms with Crippen LogP contribution in [0.15, 0.2) is 0 Å². The highest BCUT2D eigenvalue weighted by atomic mass is 16.5. The molecule has 0 saturated carbocycles. The Hall–Kier alpha value is -0.530. The van der Waals surface area contributed by atoms with E-state index in [4.69, 9.17) is 4.74 Å². The van der Waals surface area contributed by atoms with E-state index in [9.17, 15) is 4.79 Å². The van der Waals surface area contributed by atoms with Crippen LogP contribution < -0.4 is 0 Å². The third-order valence-corrected chi connectivity index (χ3v) is 4.51. The van der Waals surface area contributed by atoms with Crippen molar-refractivity contribution in [3.05, 3.63) is 0 Å².